The van der Waals surface area contributed by atoms with Gasteiger partial charge in [0.25, 0.3) is 0 Å². The van der Waals surface area contributed by atoms with E-state index in [0.29, 0.717) is 0 Å². The first-order chi connectivity index (χ1) is 7.24. The van der Waals surface area contributed by atoms with Crippen LogP contribution >= 0.6 is 22.2 Å². The molecule has 0 aliphatic carbocycles. The molecule has 0 aromatic heterocycles. The van der Waals surface area contributed by atoms with Crippen molar-refractivity contribution in [3.05, 3.63) is 0 Å². The van der Waals surface area contributed by atoms with Crippen molar-refractivity contribution in [3.63, 3.8) is 0 Å². The predicted octanol–water partition coefficient (Wildman–Crippen LogP) is 4.32. The Morgan fingerprint density at radius 3 is 1.33 bits per heavy atom. The SMILES string of the molecule is CCCCS(CCCC)(CCCC)[AsH3]Br. The average Bonchev–Trinajstić information content (AvgIpc) is 2.29. The second-order valence-corrected chi connectivity index (χ2v) is 24.6. The van der Waals surface area contributed by atoms with E-state index >= 15 is 0 Å². The van der Waals surface area contributed by atoms with E-state index in [1.54, 1.807) is 17.3 Å². The van der Waals surface area contributed by atoms with Gasteiger partial charge in [0.15, 0.2) is 0 Å². The molecule has 0 aliphatic rings. The van der Waals surface area contributed by atoms with Crippen molar-refractivity contribution >= 4 is 35.0 Å². The predicted molar refractivity (Wildman–Crippen MR) is 85.8 cm³/mol. The van der Waals surface area contributed by atoms with Gasteiger partial charge < -0.3 is 0 Å². The first-order valence-electron chi connectivity index (χ1n) is 6.54. The number of rotatable bonds is 10. The molecule has 3 heteroatoms. The Hall–Kier alpha value is 1.39. The van der Waals surface area contributed by atoms with Gasteiger partial charge in [-0.15, -0.1) is 0 Å². The van der Waals surface area contributed by atoms with Crippen LogP contribution in [-0.2, 0) is 0 Å². The van der Waals surface area contributed by atoms with Crippen molar-refractivity contribution in [3.8, 4) is 0 Å². The molecule has 96 valence electrons. The van der Waals surface area contributed by atoms with Gasteiger partial charge in [-0.05, 0) is 0 Å². The number of halogens is 1. The quantitative estimate of drug-likeness (QED) is 0.509. The van der Waals surface area contributed by atoms with Crippen LogP contribution in [-0.4, -0.2) is 30.0 Å². The molecule has 0 aromatic rings. The molecular formula is C12H30AsBrS. The first-order valence-corrected chi connectivity index (χ1v) is 19.4. The molecule has 0 heterocycles. The molecule has 0 aliphatic heterocycles. The Morgan fingerprint density at radius 2 is 1.13 bits per heavy atom. The maximum absolute atomic E-state index is 3.99. The molecule has 0 nitrogen and oxygen atoms in total. The summed E-state index contributed by atoms with van der Waals surface area (Å²) >= 11 is 3.61. The third-order valence-corrected chi connectivity index (χ3v) is 30.5. The molecular weight excluding hydrogens is 331 g/mol. The van der Waals surface area contributed by atoms with E-state index in [4.69, 9.17) is 0 Å². The van der Waals surface area contributed by atoms with E-state index in [2.05, 4.69) is 34.7 Å². The molecule has 15 heavy (non-hydrogen) atoms. The van der Waals surface area contributed by atoms with Gasteiger partial charge in [0.05, 0.1) is 0 Å². The summed E-state index contributed by atoms with van der Waals surface area (Å²) in [5, 5.41) is 0. The van der Waals surface area contributed by atoms with Crippen LogP contribution in [0.4, 0.5) is 0 Å². The Bertz CT molecular complexity index is 120. The Balaban J connectivity index is 4.16. The molecule has 0 bridgehead atoms. The molecule has 0 saturated heterocycles. The van der Waals surface area contributed by atoms with Crippen molar-refractivity contribution in [1.82, 2.24) is 0 Å². The molecule has 0 fully saturated rings. The summed E-state index contributed by atoms with van der Waals surface area (Å²) in [4.78, 5) is 0. The van der Waals surface area contributed by atoms with Crippen LogP contribution < -0.4 is 0 Å². The number of unbranched alkanes of at least 4 members (excludes halogenated alkanes) is 3. The monoisotopic (exact) mass is 360 g/mol. The van der Waals surface area contributed by atoms with E-state index in [9.17, 15) is 0 Å². The minimum absolute atomic E-state index is 0.117. The van der Waals surface area contributed by atoms with Gasteiger partial charge in [0, 0.05) is 0 Å². The van der Waals surface area contributed by atoms with E-state index in [-0.39, 0.29) is 21.0 Å². The van der Waals surface area contributed by atoms with Crippen LogP contribution in [0.25, 0.3) is 0 Å². The van der Waals surface area contributed by atoms with E-state index < -0.39 is 0 Å². The number of hydrogen-bond donors (Lipinski definition) is 0. The first kappa shape index (κ1) is 16.4. The summed E-state index contributed by atoms with van der Waals surface area (Å²) in [6.07, 6.45) is 8.63. The molecule has 0 aromatic carbocycles. The van der Waals surface area contributed by atoms with Crippen molar-refractivity contribution in [1.29, 1.82) is 0 Å². The maximum atomic E-state index is 3.99. The molecule has 0 N–H and O–H groups in total. The van der Waals surface area contributed by atoms with Crippen LogP contribution in [0.15, 0.2) is 0 Å². The third kappa shape index (κ3) is 7.34. The standard InChI is InChI=1S/C12H30AsBrS/c1-4-7-10-15(13-14,11-8-5-2)12-9-6-3/h4-12H2,1-3,13H3. The van der Waals surface area contributed by atoms with Crippen LogP contribution in [0.2, 0.25) is 0 Å². The second kappa shape index (κ2) is 10.5. The zero-order valence-corrected chi connectivity index (χ0v) is 16.2. The summed E-state index contributed by atoms with van der Waals surface area (Å²) in [6, 6.07) is 0. The van der Waals surface area contributed by atoms with Gasteiger partial charge in [-0.2, -0.15) is 0 Å². The van der Waals surface area contributed by atoms with Gasteiger partial charge in [-0.25, -0.2) is 0 Å². The molecule has 0 amide bonds. The Kier molecular flexibility index (Phi) is 11.5. The fraction of sp³-hybridized carbons (Fsp3) is 1.00. The van der Waals surface area contributed by atoms with Gasteiger partial charge in [-0.3, -0.25) is 0 Å². The summed E-state index contributed by atoms with van der Waals surface area (Å²) in [5.41, 5.74) is 0. The molecule has 0 unspecified atom stereocenters. The zero-order valence-electron chi connectivity index (χ0n) is 10.9. The molecule has 0 atom stereocenters. The molecule has 0 spiro atoms. The Labute approximate surface area is 111 Å². The minimum atomic E-state index is -0.376. The van der Waals surface area contributed by atoms with E-state index in [1.807, 2.05) is 0 Å². The topological polar surface area (TPSA) is 0 Å². The molecule has 0 rings (SSSR count). The van der Waals surface area contributed by atoms with Crippen molar-refractivity contribution in [2.45, 2.75) is 59.3 Å². The van der Waals surface area contributed by atoms with E-state index in [1.165, 1.54) is 38.5 Å². The third-order valence-electron chi connectivity index (χ3n) is 3.02. The molecule has 0 radical (unpaired) electrons. The van der Waals surface area contributed by atoms with Crippen LogP contribution in [0.1, 0.15) is 59.3 Å². The normalized spacial score (nSPS) is 13.3. The summed E-state index contributed by atoms with van der Waals surface area (Å²) in [6.45, 7) is 7.02. The zero-order chi connectivity index (χ0) is 11.6. The van der Waals surface area contributed by atoms with Gasteiger partial charge in [0.1, 0.15) is 0 Å². The second-order valence-electron chi connectivity index (χ2n) is 4.51. The summed E-state index contributed by atoms with van der Waals surface area (Å²) in [7, 11) is -0.117. The van der Waals surface area contributed by atoms with Crippen LogP contribution in [0, 0.1) is 0 Å². The summed E-state index contributed by atoms with van der Waals surface area (Å²) in [5.74, 6) is 4.78. The van der Waals surface area contributed by atoms with Gasteiger partial charge in [0.2, 0.25) is 0 Å². The average molecular weight is 361 g/mol. The summed E-state index contributed by atoms with van der Waals surface area (Å²) < 4.78 is 0. The van der Waals surface area contributed by atoms with Crippen LogP contribution in [0.5, 0.6) is 0 Å². The fourth-order valence-electron chi connectivity index (χ4n) is 1.82. The van der Waals surface area contributed by atoms with Crippen molar-refractivity contribution in [2.75, 3.05) is 17.3 Å². The van der Waals surface area contributed by atoms with E-state index in [0.717, 1.165) is 0 Å². The van der Waals surface area contributed by atoms with Crippen molar-refractivity contribution in [2.24, 2.45) is 0 Å². The number of hydrogen-bond acceptors (Lipinski definition) is 0. The fourth-order valence-corrected chi connectivity index (χ4v) is 22.1. The van der Waals surface area contributed by atoms with Crippen LogP contribution in [0.3, 0.4) is 0 Å². The van der Waals surface area contributed by atoms with Gasteiger partial charge in [-0.1, -0.05) is 0 Å². The van der Waals surface area contributed by atoms with Gasteiger partial charge >= 0.3 is 112 Å². The Morgan fingerprint density at radius 1 is 0.800 bits per heavy atom. The molecule has 0 saturated carbocycles. The van der Waals surface area contributed by atoms with Crippen molar-refractivity contribution < 1.29 is 0 Å².